The molecule has 0 saturated carbocycles. The van der Waals surface area contributed by atoms with Gasteiger partial charge in [-0.1, -0.05) is 47.5 Å². The van der Waals surface area contributed by atoms with Crippen LogP contribution in [0, 0.1) is 13.8 Å². The highest BCUT2D eigenvalue weighted by Gasteiger charge is 2.30. The number of unbranched alkanes of at least 4 members (excludes halogenated alkanes) is 1. The molecule has 7 nitrogen and oxygen atoms in total. The molecule has 2 rings (SSSR count). The summed E-state index contributed by atoms with van der Waals surface area (Å²) in [5.74, 6) is -0.720. The predicted octanol–water partition coefficient (Wildman–Crippen LogP) is 4.17. The van der Waals surface area contributed by atoms with Crippen LogP contribution in [0.5, 0.6) is 0 Å². The number of amides is 2. The maximum atomic E-state index is 13.5. The van der Waals surface area contributed by atoms with Crippen molar-refractivity contribution in [1.82, 2.24) is 10.2 Å². The summed E-state index contributed by atoms with van der Waals surface area (Å²) in [7, 11) is -3.74. The molecule has 0 bridgehead atoms. The van der Waals surface area contributed by atoms with Gasteiger partial charge in [-0.2, -0.15) is 0 Å². The molecule has 9 heteroatoms. The number of rotatable bonds is 11. The van der Waals surface area contributed by atoms with Crippen molar-refractivity contribution in [1.29, 1.82) is 0 Å². The molecule has 1 N–H and O–H groups in total. The molecule has 1 atom stereocenters. The van der Waals surface area contributed by atoms with Crippen LogP contribution in [0.2, 0.25) is 0 Å². The highest BCUT2D eigenvalue weighted by Crippen LogP contribution is 2.22. The molecule has 0 spiro atoms. The number of anilines is 1. The molecule has 0 aliphatic heterocycles. The van der Waals surface area contributed by atoms with Gasteiger partial charge < -0.3 is 10.2 Å². The minimum absolute atomic E-state index is 0.179. The number of benzene rings is 2. The standard InChI is InChI=1S/C25H34BrN3O4S/c1-6-7-12-27-25(31)20(4)28(16-21-8-10-22(26)11-9-21)24(30)17-29(34(5,32)33)23-14-18(2)13-19(3)15-23/h8-11,13-15,20H,6-7,12,16-17H2,1-5H3,(H,27,31)/t20-/m1/s1. The van der Waals surface area contributed by atoms with Crippen LogP contribution in [0.15, 0.2) is 46.9 Å². The van der Waals surface area contributed by atoms with Gasteiger partial charge in [0.2, 0.25) is 21.8 Å². The molecular weight excluding hydrogens is 518 g/mol. The van der Waals surface area contributed by atoms with Crippen LogP contribution in [0.3, 0.4) is 0 Å². The lowest BCUT2D eigenvalue weighted by Crippen LogP contribution is -2.51. The molecule has 0 saturated heterocycles. The number of hydrogen-bond donors (Lipinski definition) is 1. The SMILES string of the molecule is CCCCNC(=O)[C@@H](C)N(Cc1ccc(Br)cc1)C(=O)CN(c1cc(C)cc(C)c1)S(C)(=O)=O. The Balaban J connectivity index is 2.37. The molecule has 0 unspecified atom stereocenters. The van der Waals surface area contributed by atoms with Crippen LogP contribution in [-0.2, 0) is 26.2 Å². The zero-order chi connectivity index (χ0) is 25.5. The third kappa shape index (κ3) is 8.13. The molecule has 2 aromatic rings. The average molecular weight is 553 g/mol. The topological polar surface area (TPSA) is 86.8 Å². The Morgan fingerprint density at radius 1 is 1.06 bits per heavy atom. The monoisotopic (exact) mass is 551 g/mol. The molecule has 186 valence electrons. The van der Waals surface area contributed by atoms with Crippen molar-refractivity contribution in [2.24, 2.45) is 0 Å². The average Bonchev–Trinajstić information content (AvgIpc) is 2.75. The van der Waals surface area contributed by atoms with E-state index in [1.54, 1.807) is 19.1 Å². The van der Waals surface area contributed by atoms with Crippen LogP contribution in [0.25, 0.3) is 0 Å². The number of aryl methyl sites for hydroxylation is 2. The first-order valence-corrected chi connectivity index (χ1v) is 13.9. The van der Waals surface area contributed by atoms with Crippen molar-refractivity contribution >= 4 is 43.5 Å². The third-order valence-corrected chi connectivity index (χ3v) is 7.11. The largest absolute Gasteiger partial charge is 0.354 e. The van der Waals surface area contributed by atoms with Gasteiger partial charge in [0.1, 0.15) is 12.6 Å². The fraction of sp³-hybridized carbons (Fsp3) is 0.440. The van der Waals surface area contributed by atoms with Gasteiger partial charge in [0.25, 0.3) is 0 Å². The maximum Gasteiger partial charge on any atom is 0.244 e. The molecule has 0 heterocycles. The second-order valence-corrected chi connectivity index (χ2v) is 11.4. The van der Waals surface area contributed by atoms with Gasteiger partial charge in [-0.05, 0) is 68.1 Å². The quantitative estimate of drug-likeness (QED) is 0.424. The van der Waals surface area contributed by atoms with Gasteiger partial charge in [-0.3, -0.25) is 13.9 Å². The Bertz CT molecular complexity index is 1080. The maximum absolute atomic E-state index is 13.5. The number of hydrogen-bond acceptors (Lipinski definition) is 4. The van der Waals surface area contributed by atoms with Gasteiger partial charge >= 0.3 is 0 Å². The zero-order valence-corrected chi connectivity index (χ0v) is 22.9. The third-order valence-electron chi connectivity index (χ3n) is 5.44. The fourth-order valence-corrected chi connectivity index (χ4v) is 4.71. The first-order chi connectivity index (χ1) is 15.9. The van der Waals surface area contributed by atoms with E-state index in [4.69, 9.17) is 0 Å². The van der Waals surface area contributed by atoms with E-state index < -0.39 is 28.5 Å². The highest BCUT2D eigenvalue weighted by molar-refractivity contribution is 9.10. The summed E-state index contributed by atoms with van der Waals surface area (Å²) in [6, 6.07) is 12.1. The second kappa shape index (κ2) is 12.4. The van der Waals surface area contributed by atoms with Crippen molar-refractivity contribution in [3.8, 4) is 0 Å². The number of halogens is 1. The second-order valence-electron chi connectivity index (χ2n) is 8.58. The molecule has 2 aromatic carbocycles. The Morgan fingerprint density at radius 2 is 1.65 bits per heavy atom. The number of sulfonamides is 1. The van der Waals surface area contributed by atoms with E-state index in [1.807, 2.05) is 51.1 Å². The Kier molecular flexibility index (Phi) is 10.1. The fourth-order valence-electron chi connectivity index (χ4n) is 3.61. The molecule has 0 aliphatic carbocycles. The van der Waals surface area contributed by atoms with Gasteiger partial charge in [0, 0.05) is 17.6 Å². The van der Waals surface area contributed by atoms with E-state index >= 15 is 0 Å². The van der Waals surface area contributed by atoms with Crippen LogP contribution < -0.4 is 9.62 Å². The zero-order valence-electron chi connectivity index (χ0n) is 20.5. The number of carbonyl (C=O) groups excluding carboxylic acids is 2. The number of nitrogens with one attached hydrogen (secondary N) is 1. The van der Waals surface area contributed by atoms with E-state index in [2.05, 4.69) is 21.2 Å². The molecule has 0 aromatic heterocycles. The lowest BCUT2D eigenvalue weighted by atomic mass is 10.1. The van der Waals surface area contributed by atoms with E-state index in [9.17, 15) is 18.0 Å². The summed E-state index contributed by atoms with van der Waals surface area (Å²) < 4.78 is 27.3. The summed E-state index contributed by atoms with van der Waals surface area (Å²) in [5.41, 5.74) is 3.05. The first kappa shape index (κ1) is 27.9. The Hall–Kier alpha value is -2.39. The molecule has 0 radical (unpaired) electrons. The Labute approximate surface area is 211 Å². The number of nitrogens with zero attached hydrogens (tertiary/aromatic N) is 2. The highest BCUT2D eigenvalue weighted by atomic mass is 79.9. The van der Waals surface area contributed by atoms with Crippen LogP contribution in [0.1, 0.15) is 43.4 Å². The van der Waals surface area contributed by atoms with Crippen molar-refractivity contribution in [2.45, 2.75) is 53.1 Å². The van der Waals surface area contributed by atoms with Gasteiger partial charge in [0.05, 0.1) is 11.9 Å². The normalized spacial score (nSPS) is 12.2. The van der Waals surface area contributed by atoms with Crippen molar-refractivity contribution in [3.63, 3.8) is 0 Å². The molecule has 2 amide bonds. The lowest BCUT2D eigenvalue weighted by Gasteiger charge is -2.31. The van der Waals surface area contributed by atoms with Crippen LogP contribution in [0.4, 0.5) is 5.69 Å². The summed E-state index contributed by atoms with van der Waals surface area (Å²) >= 11 is 3.40. The van der Waals surface area contributed by atoms with Gasteiger partial charge in [-0.15, -0.1) is 0 Å². The smallest absolute Gasteiger partial charge is 0.244 e. The summed E-state index contributed by atoms with van der Waals surface area (Å²) in [5, 5.41) is 2.87. The van der Waals surface area contributed by atoms with Gasteiger partial charge in [-0.25, -0.2) is 8.42 Å². The summed E-state index contributed by atoms with van der Waals surface area (Å²) in [6.07, 6.45) is 2.86. The number of carbonyl (C=O) groups is 2. The van der Waals surface area contributed by atoms with Crippen molar-refractivity contribution in [2.75, 3.05) is 23.7 Å². The van der Waals surface area contributed by atoms with Crippen LogP contribution >= 0.6 is 15.9 Å². The van der Waals surface area contributed by atoms with Crippen molar-refractivity contribution < 1.29 is 18.0 Å². The van der Waals surface area contributed by atoms with Crippen LogP contribution in [-0.4, -0.2) is 50.5 Å². The van der Waals surface area contributed by atoms with E-state index in [1.165, 1.54) is 4.90 Å². The predicted molar refractivity (Wildman–Crippen MR) is 140 cm³/mol. The van der Waals surface area contributed by atoms with Crippen molar-refractivity contribution in [3.05, 3.63) is 63.6 Å². The van der Waals surface area contributed by atoms with E-state index in [0.717, 1.165) is 44.6 Å². The molecular formula is C25H34BrN3O4S. The summed E-state index contributed by atoms with van der Waals surface area (Å²) in [4.78, 5) is 27.8. The first-order valence-electron chi connectivity index (χ1n) is 11.3. The van der Waals surface area contributed by atoms with E-state index in [0.29, 0.717) is 12.2 Å². The van der Waals surface area contributed by atoms with E-state index in [-0.39, 0.29) is 12.5 Å². The Morgan fingerprint density at radius 3 is 2.18 bits per heavy atom. The molecule has 34 heavy (non-hydrogen) atoms. The minimum atomic E-state index is -3.74. The molecule has 0 aliphatic rings. The van der Waals surface area contributed by atoms with Gasteiger partial charge in [0.15, 0.2) is 0 Å². The minimum Gasteiger partial charge on any atom is -0.354 e. The molecule has 0 fully saturated rings. The summed E-state index contributed by atoms with van der Waals surface area (Å²) in [6.45, 7) is 7.76. The lowest BCUT2D eigenvalue weighted by molar-refractivity contribution is -0.139.